The van der Waals surface area contributed by atoms with Crippen LogP contribution >= 0.6 is 11.6 Å². The fourth-order valence-electron chi connectivity index (χ4n) is 2.32. The van der Waals surface area contributed by atoms with Gasteiger partial charge in [0, 0.05) is 25.0 Å². The summed E-state index contributed by atoms with van der Waals surface area (Å²) in [4.78, 5) is 19.1. The van der Waals surface area contributed by atoms with E-state index in [9.17, 15) is 4.79 Å². The standard InChI is InChI=1S/C17H17ClN4O/c18-16-9-13-8-14(22-15(13)11-21-16)17(23)20-7-6-19-10-12-4-2-1-3-5-12/h1-5,8-9,11,19,22H,6-7,10H2,(H,20,23). The molecule has 2 aromatic heterocycles. The number of hydrogen-bond donors (Lipinski definition) is 3. The smallest absolute Gasteiger partial charge is 0.267 e. The molecule has 5 nitrogen and oxygen atoms in total. The lowest BCUT2D eigenvalue weighted by atomic mass is 10.2. The maximum Gasteiger partial charge on any atom is 0.267 e. The number of halogens is 1. The topological polar surface area (TPSA) is 69.8 Å². The summed E-state index contributed by atoms with van der Waals surface area (Å²) in [5, 5.41) is 7.45. The van der Waals surface area contributed by atoms with E-state index >= 15 is 0 Å². The second-order valence-electron chi connectivity index (χ2n) is 5.20. The first-order chi connectivity index (χ1) is 11.2. The van der Waals surface area contributed by atoms with Crippen LogP contribution in [0.4, 0.5) is 0 Å². The number of hydrogen-bond acceptors (Lipinski definition) is 3. The first-order valence-corrected chi connectivity index (χ1v) is 7.77. The van der Waals surface area contributed by atoms with Gasteiger partial charge >= 0.3 is 0 Å². The third-order valence-electron chi connectivity index (χ3n) is 3.48. The molecular weight excluding hydrogens is 312 g/mol. The van der Waals surface area contributed by atoms with Gasteiger partial charge in [0.2, 0.25) is 0 Å². The average molecular weight is 329 g/mol. The molecule has 0 aliphatic rings. The van der Waals surface area contributed by atoms with Crippen molar-refractivity contribution in [3.63, 3.8) is 0 Å². The molecular formula is C17H17ClN4O. The number of nitrogens with zero attached hydrogens (tertiary/aromatic N) is 1. The number of fused-ring (bicyclic) bond motifs is 1. The summed E-state index contributed by atoms with van der Waals surface area (Å²) in [7, 11) is 0. The molecule has 3 N–H and O–H groups in total. The van der Waals surface area contributed by atoms with E-state index in [1.165, 1.54) is 5.56 Å². The molecule has 0 aliphatic carbocycles. The first kappa shape index (κ1) is 15.5. The Morgan fingerprint density at radius 1 is 1.17 bits per heavy atom. The summed E-state index contributed by atoms with van der Waals surface area (Å²) in [6.07, 6.45) is 1.62. The molecule has 0 radical (unpaired) electrons. The fourth-order valence-corrected chi connectivity index (χ4v) is 2.48. The van der Waals surface area contributed by atoms with Gasteiger partial charge in [-0.05, 0) is 17.7 Å². The van der Waals surface area contributed by atoms with E-state index in [4.69, 9.17) is 11.6 Å². The number of rotatable bonds is 6. The zero-order valence-corrected chi connectivity index (χ0v) is 13.2. The summed E-state index contributed by atoms with van der Waals surface area (Å²) in [5.41, 5.74) is 2.52. The van der Waals surface area contributed by atoms with E-state index in [1.807, 2.05) is 18.2 Å². The van der Waals surface area contributed by atoms with Gasteiger partial charge in [-0.3, -0.25) is 4.79 Å². The van der Waals surface area contributed by atoms with Gasteiger partial charge in [0.25, 0.3) is 5.91 Å². The van der Waals surface area contributed by atoms with Crippen molar-refractivity contribution < 1.29 is 4.79 Å². The van der Waals surface area contributed by atoms with Gasteiger partial charge < -0.3 is 15.6 Å². The monoisotopic (exact) mass is 328 g/mol. The Morgan fingerprint density at radius 3 is 2.83 bits per heavy atom. The number of benzene rings is 1. The summed E-state index contributed by atoms with van der Waals surface area (Å²) < 4.78 is 0. The predicted octanol–water partition coefficient (Wildman–Crippen LogP) is 2.74. The van der Waals surface area contributed by atoms with Crippen molar-refractivity contribution in [2.45, 2.75) is 6.54 Å². The quantitative estimate of drug-likeness (QED) is 0.481. The van der Waals surface area contributed by atoms with Crippen molar-refractivity contribution in [3.8, 4) is 0 Å². The van der Waals surface area contributed by atoms with Crippen LogP contribution in [0.3, 0.4) is 0 Å². The number of pyridine rings is 1. The van der Waals surface area contributed by atoms with Crippen LogP contribution in [-0.2, 0) is 6.54 Å². The van der Waals surface area contributed by atoms with Gasteiger partial charge in [0.15, 0.2) is 0 Å². The van der Waals surface area contributed by atoms with Gasteiger partial charge in [0.05, 0.1) is 11.7 Å². The highest BCUT2D eigenvalue weighted by Crippen LogP contribution is 2.17. The highest BCUT2D eigenvalue weighted by Gasteiger charge is 2.09. The van der Waals surface area contributed by atoms with Gasteiger partial charge in [-0.25, -0.2) is 4.98 Å². The lowest BCUT2D eigenvalue weighted by Crippen LogP contribution is -2.31. The zero-order chi connectivity index (χ0) is 16.1. The number of amides is 1. The third kappa shape index (κ3) is 4.09. The van der Waals surface area contributed by atoms with E-state index in [1.54, 1.807) is 18.3 Å². The molecule has 2 heterocycles. The first-order valence-electron chi connectivity index (χ1n) is 7.39. The molecule has 0 unspecified atom stereocenters. The Balaban J connectivity index is 1.47. The Morgan fingerprint density at radius 2 is 2.00 bits per heavy atom. The van der Waals surface area contributed by atoms with Crippen molar-refractivity contribution >= 4 is 28.4 Å². The van der Waals surface area contributed by atoms with Gasteiger partial charge in [-0.1, -0.05) is 41.9 Å². The molecule has 0 aliphatic heterocycles. The van der Waals surface area contributed by atoms with E-state index in [2.05, 4.69) is 32.7 Å². The molecule has 3 aromatic rings. The Bertz CT molecular complexity index is 801. The number of carbonyl (C=O) groups is 1. The molecule has 1 amide bonds. The number of aromatic nitrogens is 2. The number of carbonyl (C=O) groups excluding carboxylic acids is 1. The van der Waals surface area contributed by atoms with Crippen molar-refractivity contribution in [1.82, 2.24) is 20.6 Å². The molecule has 0 spiro atoms. The maximum atomic E-state index is 12.1. The van der Waals surface area contributed by atoms with Crippen LogP contribution in [0.25, 0.3) is 10.9 Å². The lowest BCUT2D eigenvalue weighted by molar-refractivity contribution is 0.0950. The number of H-pyrrole nitrogens is 1. The minimum absolute atomic E-state index is 0.140. The van der Waals surface area contributed by atoms with E-state index in [-0.39, 0.29) is 5.91 Å². The van der Waals surface area contributed by atoms with Crippen LogP contribution < -0.4 is 10.6 Å². The van der Waals surface area contributed by atoms with Gasteiger partial charge in [-0.2, -0.15) is 0 Å². The molecule has 1 aromatic carbocycles. The third-order valence-corrected chi connectivity index (χ3v) is 3.68. The molecule has 6 heteroatoms. The van der Waals surface area contributed by atoms with Crippen LogP contribution in [-0.4, -0.2) is 29.0 Å². The summed E-state index contributed by atoms with van der Waals surface area (Å²) in [5.74, 6) is -0.140. The van der Waals surface area contributed by atoms with Gasteiger partial charge in [-0.15, -0.1) is 0 Å². The van der Waals surface area contributed by atoms with Crippen LogP contribution in [0, 0.1) is 0 Å². The molecule has 3 rings (SSSR count). The molecule has 23 heavy (non-hydrogen) atoms. The van der Waals surface area contributed by atoms with Crippen molar-refractivity contribution in [2.24, 2.45) is 0 Å². The SMILES string of the molecule is O=C(NCCNCc1ccccc1)c1cc2cc(Cl)ncc2[nH]1. The van der Waals surface area contributed by atoms with E-state index in [0.29, 0.717) is 23.9 Å². The summed E-state index contributed by atoms with van der Waals surface area (Å²) in [6.45, 7) is 2.04. The van der Waals surface area contributed by atoms with Crippen molar-refractivity contribution in [2.75, 3.05) is 13.1 Å². The lowest BCUT2D eigenvalue weighted by Gasteiger charge is -2.06. The Labute approximate surface area is 139 Å². The normalized spacial score (nSPS) is 10.8. The maximum absolute atomic E-state index is 12.1. The molecule has 0 fully saturated rings. The minimum atomic E-state index is -0.140. The minimum Gasteiger partial charge on any atom is -0.349 e. The van der Waals surface area contributed by atoms with Crippen molar-refractivity contribution in [3.05, 3.63) is 65.1 Å². The van der Waals surface area contributed by atoms with Gasteiger partial charge in [0.1, 0.15) is 10.8 Å². The van der Waals surface area contributed by atoms with Crippen LogP contribution in [0.1, 0.15) is 16.1 Å². The van der Waals surface area contributed by atoms with Crippen LogP contribution in [0.5, 0.6) is 0 Å². The highest BCUT2D eigenvalue weighted by molar-refractivity contribution is 6.30. The summed E-state index contributed by atoms with van der Waals surface area (Å²) in [6, 6.07) is 13.6. The highest BCUT2D eigenvalue weighted by atomic mass is 35.5. The fraction of sp³-hybridized carbons (Fsp3) is 0.176. The van der Waals surface area contributed by atoms with Crippen LogP contribution in [0.2, 0.25) is 5.15 Å². The predicted molar refractivity (Wildman–Crippen MR) is 91.6 cm³/mol. The van der Waals surface area contributed by atoms with E-state index < -0.39 is 0 Å². The Hall–Kier alpha value is -2.37. The zero-order valence-electron chi connectivity index (χ0n) is 12.5. The van der Waals surface area contributed by atoms with E-state index in [0.717, 1.165) is 17.4 Å². The summed E-state index contributed by atoms with van der Waals surface area (Å²) >= 11 is 5.84. The second-order valence-corrected chi connectivity index (χ2v) is 5.58. The average Bonchev–Trinajstić information content (AvgIpc) is 2.98. The second kappa shape index (κ2) is 7.26. The molecule has 118 valence electrons. The Kier molecular flexibility index (Phi) is 4.90. The van der Waals surface area contributed by atoms with Crippen molar-refractivity contribution in [1.29, 1.82) is 0 Å². The molecule has 0 bridgehead atoms. The largest absolute Gasteiger partial charge is 0.349 e. The molecule has 0 saturated heterocycles. The van der Waals surface area contributed by atoms with Crippen LogP contribution in [0.15, 0.2) is 48.7 Å². The molecule has 0 saturated carbocycles. The number of aromatic amines is 1. The number of nitrogens with one attached hydrogen (secondary N) is 3. The molecule has 0 atom stereocenters.